The SMILES string of the molecule is C#CCNC(=O)C(C)SCCC(NC=O)C(=O)O. The fourth-order valence-electron chi connectivity index (χ4n) is 1.08. The van der Waals surface area contributed by atoms with Crippen molar-refractivity contribution in [2.75, 3.05) is 12.3 Å². The van der Waals surface area contributed by atoms with E-state index in [-0.39, 0.29) is 24.1 Å². The maximum atomic E-state index is 11.4. The van der Waals surface area contributed by atoms with Crippen LogP contribution in [-0.4, -0.2) is 47.0 Å². The molecule has 0 aliphatic carbocycles. The van der Waals surface area contributed by atoms with Crippen LogP contribution in [0.5, 0.6) is 0 Å². The highest BCUT2D eigenvalue weighted by molar-refractivity contribution is 8.00. The van der Waals surface area contributed by atoms with Gasteiger partial charge in [-0.25, -0.2) is 4.79 Å². The van der Waals surface area contributed by atoms with Crippen molar-refractivity contribution in [3.63, 3.8) is 0 Å². The van der Waals surface area contributed by atoms with E-state index in [1.54, 1.807) is 6.92 Å². The van der Waals surface area contributed by atoms with Crippen LogP contribution in [0.3, 0.4) is 0 Å². The van der Waals surface area contributed by atoms with Crippen molar-refractivity contribution in [2.24, 2.45) is 0 Å². The van der Waals surface area contributed by atoms with Gasteiger partial charge in [0.25, 0.3) is 0 Å². The summed E-state index contributed by atoms with van der Waals surface area (Å²) in [6.07, 6.45) is 5.61. The molecule has 0 aliphatic heterocycles. The largest absolute Gasteiger partial charge is 0.480 e. The molecule has 0 radical (unpaired) electrons. The summed E-state index contributed by atoms with van der Waals surface area (Å²) in [5, 5.41) is 13.2. The normalized spacial score (nSPS) is 12.9. The van der Waals surface area contributed by atoms with Gasteiger partial charge in [0, 0.05) is 0 Å². The number of carboxylic acids is 1. The topological polar surface area (TPSA) is 95.5 Å². The molecule has 0 saturated carbocycles. The van der Waals surface area contributed by atoms with E-state index in [2.05, 4.69) is 16.6 Å². The van der Waals surface area contributed by atoms with Crippen molar-refractivity contribution in [2.45, 2.75) is 24.6 Å². The monoisotopic (exact) mass is 272 g/mol. The molecule has 2 amide bonds. The lowest BCUT2D eigenvalue weighted by Crippen LogP contribution is -2.36. The summed E-state index contributed by atoms with van der Waals surface area (Å²) >= 11 is 1.31. The number of hydrogen-bond acceptors (Lipinski definition) is 4. The molecule has 0 aliphatic rings. The summed E-state index contributed by atoms with van der Waals surface area (Å²) in [7, 11) is 0. The molecule has 100 valence electrons. The third-order valence-corrected chi connectivity index (χ3v) is 3.26. The lowest BCUT2D eigenvalue weighted by Gasteiger charge is -2.13. The van der Waals surface area contributed by atoms with Gasteiger partial charge in [0.15, 0.2) is 0 Å². The maximum absolute atomic E-state index is 11.4. The van der Waals surface area contributed by atoms with Gasteiger partial charge in [-0.2, -0.15) is 0 Å². The maximum Gasteiger partial charge on any atom is 0.326 e. The van der Waals surface area contributed by atoms with Crippen LogP contribution in [0.25, 0.3) is 0 Å². The van der Waals surface area contributed by atoms with Crippen molar-refractivity contribution < 1.29 is 19.5 Å². The van der Waals surface area contributed by atoms with Crippen LogP contribution in [0.4, 0.5) is 0 Å². The van der Waals surface area contributed by atoms with Gasteiger partial charge >= 0.3 is 5.97 Å². The zero-order chi connectivity index (χ0) is 14.0. The molecule has 0 aromatic rings. The fraction of sp³-hybridized carbons (Fsp3) is 0.545. The van der Waals surface area contributed by atoms with E-state index in [9.17, 15) is 14.4 Å². The molecular formula is C11H16N2O4S. The molecule has 2 unspecified atom stereocenters. The molecule has 0 aromatic heterocycles. The van der Waals surface area contributed by atoms with Crippen molar-refractivity contribution in [1.82, 2.24) is 10.6 Å². The lowest BCUT2D eigenvalue weighted by atomic mass is 10.2. The van der Waals surface area contributed by atoms with E-state index in [0.717, 1.165) is 0 Å². The highest BCUT2D eigenvalue weighted by Crippen LogP contribution is 2.13. The van der Waals surface area contributed by atoms with Crippen LogP contribution in [0.1, 0.15) is 13.3 Å². The Bertz CT molecular complexity index is 340. The third-order valence-electron chi connectivity index (χ3n) is 2.08. The van der Waals surface area contributed by atoms with E-state index < -0.39 is 12.0 Å². The Morgan fingerprint density at radius 3 is 2.72 bits per heavy atom. The number of carbonyl (C=O) groups is 3. The Morgan fingerprint density at radius 1 is 1.56 bits per heavy atom. The number of carbonyl (C=O) groups excluding carboxylic acids is 2. The van der Waals surface area contributed by atoms with E-state index in [1.807, 2.05) is 0 Å². The quantitative estimate of drug-likeness (QED) is 0.386. The van der Waals surface area contributed by atoms with Crippen LogP contribution in [0.2, 0.25) is 0 Å². The van der Waals surface area contributed by atoms with Gasteiger partial charge in [0.1, 0.15) is 6.04 Å². The van der Waals surface area contributed by atoms with Crippen LogP contribution < -0.4 is 10.6 Å². The molecule has 0 spiro atoms. The Morgan fingerprint density at radius 2 is 2.22 bits per heavy atom. The molecule has 7 heteroatoms. The van der Waals surface area contributed by atoms with Crippen molar-refractivity contribution in [3.05, 3.63) is 0 Å². The van der Waals surface area contributed by atoms with Crippen LogP contribution in [0.15, 0.2) is 0 Å². The van der Waals surface area contributed by atoms with E-state index in [4.69, 9.17) is 11.5 Å². The number of terminal acetylenes is 1. The lowest BCUT2D eigenvalue weighted by molar-refractivity contribution is -0.140. The first kappa shape index (κ1) is 16.3. The van der Waals surface area contributed by atoms with Gasteiger partial charge < -0.3 is 15.7 Å². The number of carboxylic acid groups (broad SMARTS) is 1. The number of amides is 2. The Kier molecular flexibility index (Phi) is 8.49. The molecule has 0 fully saturated rings. The van der Waals surface area contributed by atoms with Gasteiger partial charge in [-0.05, 0) is 19.1 Å². The molecule has 0 heterocycles. The third kappa shape index (κ3) is 6.81. The van der Waals surface area contributed by atoms with E-state index in [0.29, 0.717) is 12.2 Å². The second-order valence-electron chi connectivity index (χ2n) is 3.40. The van der Waals surface area contributed by atoms with E-state index in [1.165, 1.54) is 11.8 Å². The van der Waals surface area contributed by atoms with Crippen molar-refractivity contribution in [1.29, 1.82) is 0 Å². The summed E-state index contributed by atoms with van der Waals surface area (Å²) in [5.74, 6) is 1.46. The highest BCUT2D eigenvalue weighted by atomic mass is 32.2. The number of aliphatic carboxylic acids is 1. The summed E-state index contributed by atoms with van der Waals surface area (Å²) in [6, 6.07) is -0.920. The zero-order valence-electron chi connectivity index (χ0n) is 10.0. The van der Waals surface area contributed by atoms with Gasteiger partial charge in [-0.1, -0.05) is 5.92 Å². The molecule has 0 saturated heterocycles. The Labute approximate surface area is 110 Å². The van der Waals surface area contributed by atoms with Crippen LogP contribution in [-0.2, 0) is 14.4 Å². The standard InChI is InChI=1S/C11H16N2O4S/c1-3-5-12-10(15)8(2)18-6-4-9(11(16)17)13-7-14/h1,7-9H,4-6H2,2H3,(H,12,15)(H,13,14)(H,16,17). The van der Waals surface area contributed by atoms with Crippen LogP contribution in [0, 0.1) is 12.3 Å². The summed E-state index contributed by atoms with van der Waals surface area (Å²) in [4.78, 5) is 32.3. The second kappa shape index (κ2) is 9.36. The fourth-order valence-corrected chi connectivity index (χ4v) is 2.04. The smallest absolute Gasteiger partial charge is 0.326 e. The molecule has 0 aromatic carbocycles. The van der Waals surface area contributed by atoms with Crippen LogP contribution >= 0.6 is 11.8 Å². The first-order chi connectivity index (χ1) is 8.52. The number of nitrogens with one attached hydrogen (secondary N) is 2. The highest BCUT2D eigenvalue weighted by Gasteiger charge is 2.18. The summed E-state index contributed by atoms with van der Waals surface area (Å²) in [6.45, 7) is 1.88. The molecule has 2 atom stereocenters. The van der Waals surface area contributed by atoms with Gasteiger partial charge in [-0.15, -0.1) is 18.2 Å². The Hall–Kier alpha value is -1.68. The second-order valence-corrected chi connectivity index (χ2v) is 4.85. The number of rotatable bonds is 9. The minimum Gasteiger partial charge on any atom is -0.480 e. The molecule has 0 bridgehead atoms. The van der Waals surface area contributed by atoms with Crippen molar-refractivity contribution in [3.8, 4) is 12.3 Å². The average molecular weight is 272 g/mol. The number of hydrogen-bond donors (Lipinski definition) is 3. The summed E-state index contributed by atoms with van der Waals surface area (Å²) < 4.78 is 0. The predicted molar refractivity (Wildman–Crippen MR) is 69.0 cm³/mol. The molecule has 3 N–H and O–H groups in total. The van der Waals surface area contributed by atoms with Gasteiger partial charge in [0.2, 0.25) is 12.3 Å². The molecular weight excluding hydrogens is 256 g/mol. The first-order valence-electron chi connectivity index (χ1n) is 5.28. The Balaban J connectivity index is 3.94. The van der Waals surface area contributed by atoms with Gasteiger partial charge in [-0.3, -0.25) is 9.59 Å². The number of thioether (sulfide) groups is 1. The molecule has 18 heavy (non-hydrogen) atoms. The summed E-state index contributed by atoms with van der Waals surface area (Å²) in [5.41, 5.74) is 0. The minimum absolute atomic E-state index is 0.175. The average Bonchev–Trinajstić information content (AvgIpc) is 2.34. The zero-order valence-corrected chi connectivity index (χ0v) is 10.8. The molecule has 6 nitrogen and oxygen atoms in total. The van der Waals surface area contributed by atoms with E-state index >= 15 is 0 Å². The minimum atomic E-state index is -1.09. The van der Waals surface area contributed by atoms with Crippen molar-refractivity contribution >= 4 is 30.0 Å². The molecule has 0 rings (SSSR count). The first-order valence-corrected chi connectivity index (χ1v) is 6.33. The predicted octanol–water partition coefficient (Wildman–Crippen LogP) is -0.553. The van der Waals surface area contributed by atoms with Gasteiger partial charge in [0.05, 0.1) is 11.8 Å².